The lowest BCUT2D eigenvalue weighted by Gasteiger charge is -2.18. The van der Waals surface area contributed by atoms with Gasteiger partial charge in [-0.05, 0) is 37.5 Å². The zero-order chi connectivity index (χ0) is 15.1. The molecule has 2 amide bonds. The molecule has 1 unspecified atom stereocenters. The molecule has 4 nitrogen and oxygen atoms in total. The lowest BCUT2D eigenvalue weighted by atomic mass is 10.1. The first kappa shape index (κ1) is 16.1. The van der Waals surface area contributed by atoms with Crippen molar-refractivity contribution in [2.45, 2.75) is 33.7 Å². The minimum Gasteiger partial charge on any atom is -0.489 e. The molecule has 0 bridgehead atoms. The lowest BCUT2D eigenvalue weighted by Crippen LogP contribution is -2.38. The molecule has 1 aromatic rings. The van der Waals surface area contributed by atoms with Gasteiger partial charge in [-0.2, -0.15) is 0 Å². The molecule has 1 rings (SSSR count). The summed E-state index contributed by atoms with van der Waals surface area (Å²) in [6, 6.07) is 7.23. The monoisotopic (exact) mass is 276 g/mol. The standard InChI is InChI=1S/C16H24N2O2/c1-11(2)10-20-15-8-6-7-14(9-15)18-16(19)17-13(5)12(3)4/h6-9,12-13H,1,10H2,2-5H3,(H2,17,18,19). The van der Waals surface area contributed by atoms with Crippen molar-refractivity contribution in [3.8, 4) is 5.75 Å². The van der Waals surface area contributed by atoms with E-state index in [1.54, 1.807) is 6.07 Å². The van der Waals surface area contributed by atoms with Gasteiger partial charge in [-0.1, -0.05) is 26.5 Å². The summed E-state index contributed by atoms with van der Waals surface area (Å²) in [6.07, 6.45) is 0. The summed E-state index contributed by atoms with van der Waals surface area (Å²) in [7, 11) is 0. The van der Waals surface area contributed by atoms with Crippen LogP contribution in [0.4, 0.5) is 10.5 Å². The second-order valence-corrected chi connectivity index (χ2v) is 5.40. The minimum atomic E-state index is -0.205. The topological polar surface area (TPSA) is 50.4 Å². The average molecular weight is 276 g/mol. The molecular weight excluding hydrogens is 252 g/mol. The van der Waals surface area contributed by atoms with Crippen molar-refractivity contribution in [3.05, 3.63) is 36.4 Å². The van der Waals surface area contributed by atoms with Crippen LogP contribution in [-0.2, 0) is 0 Å². The molecule has 0 saturated heterocycles. The Morgan fingerprint density at radius 2 is 2.05 bits per heavy atom. The largest absolute Gasteiger partial charge is 0.489 e. The second kappa shape index (κ2) is 7.58. The van der Waals surface area contributed by atoms with Crippen molar-refractivity contribution in [2.24, 2.45) is 5.92 Å². The molecule has 0 spiro atoms. The molecule has 4 heteroatoms. The van der Waals surface area contributed by atoms with Crippen molar-refractivity contribution in [3.63, 3.8) is 0 Å². The summed E-state index contributed by atoms with van der Waals surface area (Å²) in [4.78, 5) is 11.8. The van der Waals surface area contributed by atoms with Gasteiger partial charge in [0.2, 0.25) is 0 Å². The Labute approximate surface area is 121 Å². The third kappa shape index (κ3) is 5.78. The molecule has 0 radical (unpaired) electrons. The van der Waals surface area contributed by atoms with E-state index in [9.17, 15) is 4.79 Å². The first-order valence-corrected chi connectivity index (χ1v) is 6.83. The number of ether oxygens (including phenoxy) is 1. The highest BCUT2D eigenvalue weighted by atomic mass is 16.5. The maximum atomic E-state index is 11.8. The summed E-state index contributed by atoms with van der Waals surface area (Å²) < 4.78 is 5.54. The van der Waals surface area contributed by atoms with E-state index in [0.717, 1.165) is 5.57 Å². The Bertz CT molecular complexity index is 469. The Morgan fingerprint density at radius 3 is 2.65 bits per heavy atom. The van der Waals surface area contributed by atoms with E-state index in [-0.39, 0.29) is 12.1 Å². The predicted molar refractivity (Wildman–Crippen MR) is 83.2 cm³/mol. The number of benzene rings is 1. The van der Waals surface area contributed by atoms with Crippen LogP contribution in [0.2, 0.25) is 0 Å². The number of amides is 2. The maximum Gasteiger partial charge on any atom is 0.319 e. The van der Waals surface area contributed by atoms with E-state index in [0.29, 0.717) is 24.0 Å². The van der Waals surface area contributed by atoms with Crippen LogP contribution in [0, 0.1) is 5.92 Å². The molecule has 0 aliphatic heterocycles. The van der Waals surface area contributed by atoms with Crippen molar-refractivity contribution >= 4 is 11.7 Å². The van der Waals surface area contributed by atoms with Crippen molar-refractivity contribution in [2.75, 3.05) is 11.9 Å². The van der Waals surface area contributed by atoms with Crippen LogP contribution in [0.15, 0.2) is 36.4 Å². The fraction of sp³-hybridized carbons (Fsp3) is 0.438. The fourth-order valence-electron chi connectivity index (χ4n) is 1.41. The summed E-state index contributed by atoms with van der Waals surface area (Å²) in [5.74, 6) is 1.11. The van der Waals surface area contributed by atoms with Gasteiger partial charge in [0.25, 0.3) is 0 Å². The van der Waals surface area contributed by atoms with Crippen LogP contribution < -0.4 is 15.4 Å². The molecule has 110 valence electrons. The van der Waals surface area contributed by atoms with Crippen LogP contribution in [0.25, 0.3) is 0 Å². The van der Waals surface area contributed by atoms with Crippen LogP contribution in [0.1, 0.15) is 27.7 Å². The van der Waals surface area contributed by atoms with Gasteiger partial charge in [0, 0.05) is 17.8 Å². The smallest absolute Gasteiger partial charge is 0.319 e. The average Bonchev–Trinajstić information content (AvgIpc) is 2.36. The molecule has 0 aliphatic rings. The van der Waals surface area contributed by atoms with Gasteiger partial charge in [-0.15, -0.1) is 0 Å². The van der Waals surface area contributed by atoms with Gasteiger partial charge in [0.15, 0.2) is 0 Å². The molecule has 1 aromatic carbocycles. The van der Waals surface area contributed by atoms with Crippen LogP contribution in [-0.4, -0.2) is 18.7 Å². The van der Waals surface area contributed by atoms with E-state index in [1.165, 1.54) is 0 Å². The third-order valence-electron chi connectivity index (χ3n) is 2.94. The molecule has 0 aliphatic carbocycles. The van der Waals surface area contributed by atoms with Crippen molar-refractivity contribution < 1.29 is 9.53 Å². The van der Waals surface area contributed by atoms with Gasteiger partial charge >= 0.3 is 6.03 Å². The zero-order valence-electron chi connectivity index (χ0n) is 12.7. The van der Waals surface area contributed by atoms with Gasteiger partial charge in [-0.25, -0.2) is 4.79 Å². The highest BCUT2D eigenvalue weighted by Gasteiger charge is 2.10. The molecule has 1 atom stereocenters. The minimum absolute atomic E-state index is 0.123. The Morgan fingerprint density at radius 1 is 1.35 bits per heavy atom. The van der Waals surface area contributed by atoms with Gasteiger partial charge in [-0.3, -0.25) is 0 Å². The van der Waals surface area contributed by atoms with Gasteiger partial charge < -0.3 is 15.4 Å². The van der Waals surface area contributed by atoms with Gasteiger partial charge in [0.05, 0.1) is 0 Å². The number of carbonyl (C=O) groups is 1. The number of carbonyl (C=O) groups excluding carboxylic acids is 1. The molecule has 2 N–H and O–H groups in total. The summed E-state index contributed by atoms with van der Waals surface area (Å²) in [5.41, 5.74) is 1.66. The molecule has 0 heterocycles. The number of hydrogen-bond acceptors (Lipinski definition) is 2. The Hall–Kier alpha value is -1.97. The van der Waals surface area contributed by atoms with E-state index < -0.39 is 0 Å². The number of rotatable bonds is 6. The second-order valence-electron chi connectivity index (χ2n) is 5.40. The summed E-state index contributed by atoms with van der Waals surface area (Å²) >= 11 is 0. The third-order valence-corrected chi connectivity index (χ3v) is 2.94. The number of hydrogen-bond donors (Lipinski definition) is 2. The molecule has 0 aromatic heterocycles. The van der Waals surface area contributed by atoms with E-state index in [4.69, 9.17) is 4.74 Å². The molecular formula is C16H24N2O2. The highest BCUT2D eigenvalue weighted by molar-refractivity contribution is 5.89. The first-order chi connectivity index (χ1) is 9.38. The Balaban J connectivity index is 2.57. The quantitative estimate of drug-likeness (QED) is 0.776. The predicted octanol–water partition coefficient (Wildman–Crippen LogP) is 3.81. The van der Waals surface area contributed by atoms with Crippen LogP contribution in [0.3, 0.4) is 0 Å². The SMILES string of the molecule is C=C(C)COc1cccc(NC(=O)NC(C)C(C)C)c1. The van der Waals surface area contributed by atoms with Crippen LogP contribution >= 0.6 is 0 Å². The number of urea groups is 1. The number of anilines is 1. The highest BCUT2D eigenvalue weighted by Crippen LogP contribution is 2.17. The molecule has 20 heavy (non-hydrogen) atoms. The van der Waals surface area contributed by atoms with Crippen molar-refractivity contribution in [1.82, 2.24) is 5.32 Å². The normalized spacial score (nSPS) is 11.8. The molecule has 0 fully saturated rings. The number of nitrogens with one attached hydrogen (secondary N) is 2. The zero-order valence-corrected chi connectivity index (χ0v) is 12.7. The summed E-state index contributed by atoms with van der Waals surface area (Å²) in [6.45, 7) is 12.3. The van der Waals surface area contributed by atoms with E-state index in [2.05, 4.69) is 31.1 Å². The van der Waals surface area contributed by atoms with Crippen molar-refractivity contribution in [1.29, 1.82) is 0 Å². The fourth-order valence-corrected chi connectivity index (χ4v) is 1.41. The van der Waals surface area contributed by atoms with Gasteiger partial charge in [0.1, 0.15) is 12.4 Å². The lowest BCUT2D eigenvalue weighted by molar-refractivity contribution is 0.246. The summed E-state index contributed by atoms with van der Waals surface area (Å²) in [5, 5.41) is 5.70. The van der Waals surface area contributed by atoms with Crippen LogP contribution in [0.5, 0.6) is 5.75 Å². The maximum absolute atomic E-state index is 11.8. The van der Waals surface area contributed by atoms with E-state index >= 15 is 0 Å². The van der Waals surface area contributed by atoms with E-state index in [1.807, 2.05) is 32.0 Å². The first-order valence-electron chi connectivity index (χ1n) is 6.83. The Kier molecular flexibility index (Phi) is 6.10. The molecule has 0 saturated carbocycles.